The Kier molecular flexibility index (Phi) is 7.14. The highest BCUT2D eigenvalue weighted by Crippen LogP contribution is 2.40. The zero-order valence-electron chi connectivity index (χ0n) is 28.2. The number of nitrogens with zero attached hydrogens (tertiary/aromatic N) is 3. The van der Waals surface area contributed by atoms with Crippen molar-refractivity contribution in [1.29, 1.82) is 0 Å². The third-order valence-electron chi connectivity index (χ3n) is 10.2. The number of benzene rings is 8. The molecule has 2 heterocycles. The number of aromatic nitrogens is 3. The van der Waals surface area contributed by atoms with E-state index in [9.17, 15) is 0 Å². The van der Waals surface area contributed by atoms with Crippen LogP contribution >= 0.6 is 0 Å². The van der Waals surface area contributed by atoms with Crippen molar-refractivity contribution in [3.63, 3.8) is 0 Å². The quantitative estimate of drug-likeness (QED) is 0.166. The van der Waals surface area contributed by atoms with Gasteiger partial charge in [0.25, 0.3) is 0 Å². The van der Waals surface area contributed by atoms with E-state index in [2.05, 4.69) is 169 Å². The highest BCUT2D eigenvalue weighted by Gasteiger charge is 2.14. The summed E-state index contributed by atoms with van der Waals surface area (Å²) in [6, 6.07) is 62.5. The molecule has 0 amide bonds. The van der Waals surface area contributed by atoms with Crippen molar-refractivity contribution in [2.24, 2.45) is 0 Å². The van der Waals surface area contributed by atoms with Crippen LogP contribution in [0.4, 0.5) is 0 Å². The van der Waals surface area contributed by atoms with Crippen LogP contribution in [0.2, 0.25) is 0 Å². The summed E-state index contributed by atoms with van der Waals surface area (Å²) < 4.78 is 0. The number of pyridine rings is 1. The van der Waals surface area contributed by atoms with Gasteiger partial charge in [-0.05, 0) is 77.8 Å². The van der Waals surface area contributed by atoms with Gasteiger partial charge in [0.15, 0.2) is 5.82 Å². The smallest absolute Gasteiger partial charge is 0.160 e. The lowest BCUT2D eigenvalue weighted by atomic mass is 9.89. The van der Waals surface area contributed by atoms with Crippen LogP contribution in [0, 0.1) is 0 Å². The first kappa shape index (κ1) is 29.9. The molecule has 3 heteroatoms. The largest absolute Gasteiger partial charge is 0.264 e. The Morgan fingerprint density at radius 3 is 1.50 bits per heavy atom. The Morgan fingerprint density at radius 2 is 0.846 bits per heavy atom. The van der Waals surface area contributed by atoms with Gasteiger partial charge in [0.05, 0.1) is 11.4 Å². The summed E-state index contributed by atoms with van der Waals surface area (Å²) in [6.07, 6.45) is 3.68. The lowest BCUT2D eigenvalue weighted by Gasteiger charge is -2.14. The Labute approximate surface area is 301 Å². The zero-order chi connectivity index (χ0) is 34.4. The molecule has 3 nitrogen and oxygen atoms in total. The van der Waals surface area contributed by atoms with E-state index in [0.29, 0.717) is 5.82 Å². The van der Waals surface area contributed by atoms with Crippen molar-refractivity contribution >= 4 is 32.3 Å². The third kappa shape index (κ3) is 5.28. The second kappa shape index (κ2) is 12.4. The SMILES string of the molecule is c1ccc(-c2ccc(-c3cc(-c4ccc(-c5ccc6ccc7cccc8ccc5c6c78)cc4)nc(-c4ccc(-c5cccnc5)cc4)n3)cc2)cc1. The fourth-order valence-electron chi connectivity index (χ4n) is 7.49. The molecule has 0 fully saturated rings. The minimum absolute atomic E-state index is 0.688. The van der Waals surface area contributed by atoms with Crippen LogP contribution in [-0.4, -0.2) is 15.0 Å². The van der Waals surface area contributed by atoms with Gasteiger partial charge in [-0.15, -0.1) is 0 Å². The molecule has 0 spiro atoms. The average Bonchev–Trinajstić information content (AvgIpc) is 3.23. The highest BCUT2D eigenvalue weighted by molar-refractivity contribution is 6.25. The minimum Gasteiger partial charge on any atom is -0.264 e. The summed E-state index contributed by atoms with van der Waals surface area (Å²) in [5.41, 5.74) is 11.8. The Balaban J connectivity index is 1.06. The first-order valence-electron chi connectivity index (χ1n) is 17.6. The minimum atomic E-state index is 0.688. The predicted molar refractivity (Wildman–Crippen MR) is 216 cm³/mol. The van der Waals surface area contributed by atoms with Crippen LogP contribution < -0.4 is 0 Å². The fraction of sp³-hybridized carbons (Fsp3) is 0. The number of hydrogen-bond acceptors (Lipinski definition) is 3. The third-order valence-corrected chi connectivity index (χ3v) is 10.2. The molecule has 52 heavy (non-hydrogen) atoms. The molecule has 0 unspecified atom stereocenters. The molecule has 0 aliphatic carbocycles. The summed E-state index contributed by atoms with van der Waals surface area (Å²) in [7, 11) is 0. The molecule has 8 aromatic carbocycles. The monoisotopic (exact) mass is 661 g/mol. The standard InChI is InChI=1S/C49H31N3/c1-2-6-32(7-3-1)33-11-17-36(18-12-33)45-30-46(52-49(51-45)41-23-13-34(14-24-41)42-10-5-29-50-31-42)37-19-15-35(16-20-37)43-27-25-40-22-21-38-8-4-9-39-26-28-44(43)48(40)47(38)39/h1-31H. The topological polar surface area (TPSA) is 38.7 Å². The van der Waals surface area contributed by atoms with E-state index in [4.69, 9.17) is 9.97 Å². The van der Waals surface area contributed by atoms with Crippen molar-refractivity contribution in [2.45, 2.75) is 0 Å². The van der Waals surface area contributed by atoms with Crippen molar-refractivity contribution in [2.75, 3.05) is 0 Å². The molecule has 0 atom stereocenters. The van der Waals surface area contributed by atoms with E-state index in [-0.39, 0.29) is 0 Å². The van der Waals surface area contributed by atoms with Crippen molar-refractivity contribution in [3.8, 4) is 67.3 Å². The molecule has 0 bridgehead atoms. The Bertz CT molecular complexity index is 2730. The normalized spacial score (nSPS) is 11.5. The van der Waals surface area contributed by atoms with Crippen molar-refractivity contribution < 1.29 is 0 Å². The summed E-state index contributed by atoms with van der Waals surface area (Å²) in [5, 5.41) is 7.76. The zero-order valence-corrected chi connectivity index (χ0v) is 28.2. The van der Waals surface area contributed by atoms with Gasteiger partial charge >= 0.3 is 0 Å². The van der Waals surface area contributed by atoms with Gasteiger partial charge in [0, 0.05) is 29.1 Å². The van der Waals surface area contributed by atoms with E-state index in [0.717, 1.165) is 39.2 Å². The molecule has 10 aromatic rings. The molecule has 0 aliphatic rings. The van der Waals surface area contributed by atoms with E-state index >= 15 is 0 Å². The van der Waals surface area contributed by atoms with Gasteiger partial charge in [0.1, 0.15) is 0 Å². The van der Waals surface area contributed by atoms with Crippen LogP contribution in [-0.2, 0) is 0 Å². The molecule has 0 saturated heterocycles. The second-order valence-corrected chi connectivity index (χ2v) is 13.3. The molecular formula is C49H31N3. The van der Waals surface area contributed by atoms with Crippen LogP contribution in [0.1, 0.15) is 0 Å². The van der Waals surface area contributed by atoms with Gasteiger partial charge in [-0.25, -0.2) is 9.97 Å². The molecule has 0 aliphatic heterocycles. The van der Waals surface area contributed by atoms with E-state index in [1.807, 2.05) is 18.3 Å². The van der Waals surface area contributed by atoms with Crippen LogP contribution in [0.15, 0.2) is 188 Å². The van der Waals surface area contributed by atoms with Crippen LogP contribution in [0.3, 0.4) is 0 Å². The number of rotatable bonds is 6. The highest BCUT2D eigenvalue weighted by atomic mass is 14.9. The summed E-state index contributed by atoms with van der Waals surface area (Å²) in [5.74, 6) is 0.688. The van der Waals surface area contributed by atoms with Gasteiger partial charge in [0.2, 0.25) is 0 Å². The second-order valence-electron chi connectivity index (χ2n) is 13.3. The van der Waals surface area contributed by atoms with E-state index < -0.39 is 0 Å². The molecule has 242 valence electrons. The van der Waals surface area contributed by atoms with Gasteiger partial charge in [-0.1, -0.05) is 164 Å². The Hall–Kier alpha value is -6.97. The first-order valence-corrected chi connectivity index (χ1v) is 17.6. The summed E-state index contributed by atoms with van der Waals surface area (Å²) in [6.45, 7) is 0. The lowest BCUT2D eigenvalue weighted by Crippen LogP contribution is -1.96. The first-order chi connectivity index (χ1) is 25.7. The Morgan fingerprint density at radius 1 is 0.327 bits per heavy atom. The molecule has 0 saturated carbocycles. The summed E-state index contributed by atoms with van der Waals surface area (Å²) >= 11 is 0. The predicted octanol–water partition coefficient (Wildman–Crippen LogP) is 12.8. The maximum absolute atomic E-state index is 5.15. The van der Waals surface area contributed by atoms with Gasteiger partial charge < -0.3 is 0 Å². The average molecular weight is 662 g/mol. The van der Waals surface area contributed by atoms with Gasteiger partial charge in [-0.2, -0.15) is 0 Å². The maximum atomic E-state index is 5.15. The fourth-order valence-corrected chi connectivity index (χ4v) is 7.49. The van der Waals surface area contributed by atoms with Crippen LogP contribution in [0.5, 0.6) is 0 Å². The molecular weight excluding hydrogens is 631 g/mol. The van der Waals surface area contributed by atoms with Crippen molar-refractivity contribution in [1.82, 2.24) is 15.0 Å². The molecule has 0 radical (unpaired) electrons. The molecule has 0 N–H and O–H groups in total. The van der Waals surface area contributed by atoms with Crippen LogP contribution in [0.25, 0.3) is 99.6 Å². The van der Waals surface area contributed by atoms with Crippen molar-refractivity contribution in [3.05, 3.63) is 188 Å². The number of hydrogen-bond donors (Lipinski definition) is 0. The maximum Gasteiger partial charge on any atom is 0.160 e. The van der Waals surface area contributed by atoms with E-state index in [1.54, 1.807) is 6.20 Å². The summed E-state index contributed by atoms with van der Waals surface area (Å²) in [4.78, 5) is 14.6. The molecule has 10 rings (SSSR count). The van der Waals surface area contributed by atoms with E-state index in [1.165, 1.54) is 54.6 Å². The van der Waals surface area contributed by atoms with Gasteiger partial charge in [-0.3, -0.25) is 4.98 Å². The lowest BCUT2D eigenvalue weighted by molar-refractivity contribution is 1.18. The molecule has 2 aromatic heterocycles.